The first-order valence-corrected chi connectivity index (χ1v) is 19.0. The zero-order valence-corrected chi connectivity index (χ0v) is 31.3. The van der Waals surface area contributed by atoms with E-state index in [0.717, 1.165) is 83.1 Å². The summed E-state index contributed by atoms with van der Waals surface area (Å²) < 4.78 is 14.9. The summed E-state index contributed by atoms with van der Waals surface area (Å²) in [5.74, 6) is 0.935. The molecule has 8 aromatic carbocycles. The molecule has 0 radical (unpaired) electrons. The Kier molecular flexibility index (Phi) is 8.27. The molecule has 0 unspecified atom stereocenters. The molecule has 0 aliphatic carbocycles. The van der Waals surface area contributed by atoms with Crippen molar-refractivity contribution in [3.05, 3.63) is 194 Å². The number of furan rings is 2. The Balaban J connectivity index is 0.000000616. The second-order valence-corrected chi connectivity index (χ2v) is 14.3. The Hall–Kier alpha value is -7.63. The fourth-order valence-electron chi connectivity index (χ4n) is 7.91. The van der Waals surface area contributed by atoms with Crippen LogP contribution in [0.25, 0.3) is 105 Å². The van der Waals surface area contributed by atoms with E-state index >= 15 is 0 Å². The summed E-state index contributed by atoms with van der Waals surface area (Å²) in [6, 6.07) is 59.9. The van der Waals surface area contributed by atoms with Gasteiger partial charge in [0.1, 0.15) is 17.0 Å². The first-order valence-electron chi connectivity index (χ1n) is 19.0. The second kappa shape index (κ2) is 13.9. The molecule has 11 rings (SSSR count). The molecule has 0 fully saturated rings. The van der Waals surface area contributed by atoms with E-state index in [1.165, 1.54) is 21.9 Å². The van der Waals surface area contributed by atoms with Crippen LogP contribution in [0.4, 0.5) is 0 Å². The van der Waals surface area contributed by atoms with Gasteiger partial charge in [-0.2, -0.15) is 0 Å². The minimum atomic E-state index is 0.609. The minimum absolute atomic E-state index is 0.609. The van der Waals surface area contributed by atoms with Crippen LogP contribution in [-0.2, 0) is 0 Å². The van der Waals surface area contributed by atoms with Crippen molar-refractivity contribution in [2.45, 2.75) is 6.92 Å². The van der Waals surface area contributed by atoms with Crippen molar-refractivity contribution in [2.24, 2.45) is 5.73 Å². The third-order valence-electron chi connectivity index (χ3n) is 10.6. The van der Waals surface area contributed by atoms with Gasteiger partial charge in [-0.05, 0) is 113 Å². The minimum Gasteiger partial charge on any atom is -0.452 e. The summed E-state index contributed by atoms with van der Waals surface area (Å²) in [5.41, 5.74) is 17.9. The Labute approximate surface area is 329 Å². The highest BCUT2D eigenvalue weighted by Gasteiger charge is 2.17. The van der Waals surface area contributed by atoms with Gasteiger partial charge in [-0.3, -0.25) is 4.57 Å². The van der Waals surface area contributed by atoms with Crippen LogP contribution in [0.15, 0.2) is 203 Å². The van der Waals surface area contributed by atoms with E-state index in [-0.39, 0.29) is 0 Å². The SMILES string of the molecule is C=C(N)/C=C\C.c1ccc(-c2nc3ccccc3n2-c2cccc(-c3ccc4cc(-c5ccc6oc7c(ccc8c9ccccc9oc87)c6c5)ccc4c3)c2)cc1. The molecule has 11 aromatic rings. The summed E-state index contributed by atoms with van der Waals surface area (Å²) >= 11 is 0. The number of allylic oxidation sites excluding steroid dienone is 2. The van der Waals surface area contributed by atoms with Crippen LogP contribution in [0.5, 0.6) is 0 Å². The van der Waals surface area contributed by atoms with E-state index in [9.17, 15) is 0 Å². The van der Waals surface area contributed by atoms with Crippen molar-refractivity contribution >= 4 is 65.7 Å². The molecule has 5 heteroatoms. The maximum absolute atomic E-state index is 6.39. The lowest BCUT2D eigenvalue weighted by Crippen LogP contribution is -1.98. The molecule has 272 valence electrons. The Morgan fingerprint density at radius 3 is 1.86 bits per heavy atom. The van der Waals surface area contributed by atoms with Crippen LogP contribution < -0.4 is 5.73 Å². The molecular weight excluding hydrogens is 699 g/mol. The molecule has 57 heavy (non-hydrogen) atoms. The zero-order chi connectivity index (χ0) is 38.5. The third kappa shape index (κ3) is 6.03. The molecule has 0 amide bonds. The quantitative estimate of drug-likeness (QED) is 0.179. The van der Waals surface area contributed by atoms with Gasteiger partial charge in [0.05, 0.1) is 11.0 Å². The van der Waals surface area contributed by atoms with Gasteiger partial charge in [-0.15, -0.1) is 0 Å². The Morgan fingerprint density at radius 1 is 0.544 bits per heavy atom. The van der Waals surface area contributed by atoms with E-state index in [2.05, 4.69) is 151 Å². The summed E-state index contributed by atoms with van der Waals surface area (Å²) in [7, 11) is 0. The molecule has 0 spiro atoms. The third-order valence-corrected chi connectivity index (χ3v) is 10.6. The van der Waals surface area contributed by atoms with Gasteiger partial charge in [0.2, 0.25) is 0 Å². The van der Waals surface area contributed by atoms with Crippen LogP contribution in [0.3, 0.4) is 0 Å². The lowest BCUT2D eigenvalue weighted by Gasteiger charge is -2.12. The van der Waals surface area contributed by atoms with Crippen molar-refractivity contribution in [2.75, 3.05) is 0 Å². The molecule has 0 atom stereocenters. The molecule has 0 aliphatic rings. The highest BCUT2D eigenvalue weighted by atomic mass is 16.4. The van der Waals surface area contributed by atoms with Gasteiger partial charge in [0.25, 0.3) is 0 Å². The van der Waals surface area contributed by atoms with Crippen molar-refractivity contribution in [3.63, 3.8) is 0 Å². The number of aromatic nitrogens is 2. The fourth-order valence-corrected chi connectivity index (χ4v) is 7.91. The number of hydrogen-bond acceptors (Lipinski definition) is 4. The normalized spacial score (nSPS) is 11.7. The van der Waals surface area contributed by atoms with E-state index < -0.39 is 0 Å². The Bertz CT molecular complexity index is 3340. The van der Waals surface area contributed by atoms with Gasteiger partial charge >= 0.3 is 0 Å². The van der Waals surface area contributed by atoms with E-state index in [4.69, 9.17) is 19.6 Å². The average Bonchev–Trinajstić information content (AvgIpc) is 3.95. The number of rotatable bonds is 5. The van der Waals surface area contributed by atoms with Crippen LogP contribution in [0, 0.1) is 0 Å². The van der Waals surface area contributed by atoms with E-state index in [1.807, 2.05) is 43.3 Å². The van der Waals surface area contributed by atoms with Crippen LogP contribution >= 0.6 is 0 Å². The zero-order valence-electron chi connectivity index (χ0n) is 31.3. The van der Waals surface area contributed by atoms with Gasteiger partial charge in [0.15, 0.2) is 11.2 Å². The Morgan fingerprint density at radius 2 is 1.14 bits per heavy atom. The van der Waals surface area contributed by atoms with Gasteiger partial charge < -0.3 is 14.6 Å². The smallest absolute Gasteiger partial charge is 0.178 e. The monoisotopic (exact) mass is 735 g/mol. The first-order chi connectivity index (χ1) is 28.0. The summed E-state index contributed by atoms with van der Waals surface area (Å²) in [6.45, 7) is 5.34. The highest BCUT2D eigenvalue weighted by Crippen LogP contribution is 2.40. The number of hydrogen-bond donors (Lipinski definition) is 1. The maximum Gasteiger partial charge on any atom is 0.178 e. The van der Waals surface area contributed by atoms with Crippen molar-refractivity contribution in [1.82, 2.24) is 9.55 Å². The predicted octanol–water partition coefficient (Wildman–Crippen LogP) is 14.0. The topological polar surface area (TPSA) is 70.1 Å². The van der Waals surface area contributed by atoms with Crippen molar-refractivity contribution in [3.8, 4) is 39.3 Å². The molecule has 3 heterocycles. The molecule has 2 N–H and O–H groups in total. The summed E-state index contributed by atoms with van der Waals surface area (Å²) in [5, 5.41) is 6.71. The van der Waals surface area contributed by atoms with Crippen LogP contribution in [-0.4, -0.2) is 9.55 Å². The second-order valence-electron chi connectivity index (χ2n) is 14.3. The number of benzene rings is 8. The fraction of sp³-hybridized carbons (Fsp3) is 0.0192. The number of imidazole rings is 1. The largest absolute Gasteiger partial charge is 0.452 e. The van der Waals surface area contributed by atoms with Gasteiger partial charge in [-0.1, -0.05) is 116 Å². The molecule has 3 aromatic heterocycles. The number of nitrogens with two attached hydrogens (primary N) is 1. The lowest BCUT2D eigenvalue weighted by atomic mass is 9.97. The molecule has 5 nitrogen and oxygen atoms in total. The number of para-hydroxylation sites is 3. The molecule has 0 bridgehead atoms. The van der Waals surface area contributed by atoms with Gasteiger partial charge in [-0.25, -0.2) is 4.98 Å². The predicted molar refractivity (Wildman–Crippen MR) is 238 cm³/mol. The number of nitrogens with zero attached hydrogens (tertiary/aromatic N) is 2. The lowest BCUT2D eigenvalue weighted by molar-refractivity contribution is 0.633. The maximum atomic E-state index is 6.39. The summed E-state index contributed by atoms with van der Waals surface area (Å²) in [4.78, 5) is 5.04. The highest BCUT2D eigenvalue weighted by molar-refractivity contribution is 6.19. The standard InChI is InChI=1S/C47H28N2O2.C5H9N/c1-2-9-29(10-3-1)47-48-41-14-5-6-15-42(41)49(47)36-12-8-11-30(27-36)31-17-18-33-26-34(20-19-32(33)25-31)35-21-24-44-40(28-35)39-23-22-38-37-13-4-7-16-43(37)50-45(38)46(39)51-44;1-3-4-5(2)6/h1-28H;3-4H,2,6H2,1H3/b;4-3-. The van der Waals surface area contributed by atoms with Crippen molar-refractivity contribution in [1.29, 1.82) is 0 Å². The van der Waals surface area contributed by atoms with Crippen LogP contribution in [0.1, 0.15) is 6.92 Å². The van der Waals surface area contributed by atoms with E-state index in [0.29, 0.717) is 5.70 Å². The molecular formula is C52H37N3O2. The average molecular weight is 736 g/mol. The van der Waals surface area contributed by atoms with Crippen LogP contribution in [0.2, 0.25) is 0 Å². The van der Waals surface area contributed by atoms with E-state index in [1.54, 1.807) is 6.08 Å². The number of fused-ring (bicyclic) bond motifs is 9. The molecule has 0 saturated heterocycles. The van der Waals surface area contributed by atoms with Crippen molar-refractivity contribution < 1.29 is 8.83 Å². The molecule has 0 aliphatic heterocycles. The first kappa shape index (κ1) is 33.9. The van der Waals surface area contributed by atoms with Gasteiger partial charge in [0, 0.05) is 38.5 Å². The summed E-state index contributed by atoms with van der Waals surface area (Å²) in [6.07, 6.45) is 3.60. The molecule has 0 saturated carbocycles.